The molecule has 4 heteroatoms. The van der Waals surface area contributed by atoms with E-state index >= 15 is 0 Å². The average molecular weight is 373 g/mol. The molecule has 0 bridgehead atoms. The Labute approximate surface area is 133 Å². The van der Waals surface area contributed by atoms with Gasteiger partial charge in [0.05, 0.1) is 0 Å². The molecule has 1 aliphatic rings. The van der Waals surface area contributed by atoms with Crippen molar-refractivity contribution in [3.63, 3.8) is 0 Å². The number of halogens is 1. The standard InChI is InChI=1S/C15H23N3.HI/c1-16-14(17-2)18-12-15(10-6-7-11-15)13-8-4-3-5-9-13;/h3-5,8-9H,6-7,10-12H2,1-2H3,(H2,16,17,18);1H. The minimum atomic E-state index is 0. The fourth-order valence-corrected chi connectivity index (χ4v) is 2.94. The number of benzene rings is 1. The van der Waals surface area contributed by atoms with E-state index in [1.165, 1.54) is 31.2 Å². The van der Waals surface area contributed by atoms with E-state index in [1.807, 2.05) is 14.1 Å². The van der Waals surface area contributed by atoms with Gasteiger partial charge in [0, 0.05) is 26.1 Å². The zero-order valence-corrected chi connectivity index (χ0v) is 14.1. The highest BCUT2D eigenvalue weighted by molar-refractivity contribution is 14.0. The third-order valence-electron chi connectivity index (χ3n) is 4.00. The first-order chi connectivity index (χ1) is 8.80. The summed E-state index contributed by atoms with van der Waals surface area (Å²) in [5.41, 5.74) is 1.75. The van der Waals surface area contributed by atoms with Crippen molar-refractivity contribution in [3.8, 4) is 0 Å². The molecule has 0 amide bonds. The van der Waals surface area contributed by atoms with Gasteiger partial charge in [0.2, 0.25) is 0 Å². The lowest BCUT2D eigenvalue weighted by Crippen LogP contribution is -2.43. The highest BCUT2D eigenvalue weighted by atomic mass is 127. The minimum Gasteiger partial charge on any atom is -0.359 e. The van der Waals surface area contributed by atoms with Gasteiger partial charge in [0.25, 0.3) is 0 Å². The Morgan fingerprint density at radius 2 is 1.84 bits per heavy atom. The number of aliphatic imine (C=N–C) groups is 1. The van der Waals surface area contributed by atoms with Crippen LogP contribution in [0.1, 0.15) is 31.2 Å². The van der Waals surface area contributed by atoms with E-state index in [2.05, 4.69) is 46.0 Å². The summed E-state index contributed by atoms with van der Waals surface area (Å²) in [7, 11) is 3.71. The largest absolute Gasteiger partial charge is 0.359 e. The monoisotopic (exact) mass is 373 g/mol. The zero-order valence-electron chi connectivity index (χ0n) is 11.8. The van der Waals surface area contributed by atoms with Gasteiger partial charge in [0.1, 0.15) is 0 Å². The molecule has 19 heavy (non-hydrogen) atoms. The Kier molecular flexibility index (Phi) is 6.62. The lowest BCUT2D eigenvalue weighted by molar-refractivity contribution is 0.432. The summed E-state index contributed by atoms with van der Waals surface area (Å²) < 4.78 is 0. The molecule has 2 N–H and O–H groups in total. The molecule has 1 aromatic carbocycles. The predicted molar refractivity (Wildman–Crippen MR) is 92.4 cm³/mol. The molecule has 1 saturated carbocycles. The Balaban J connectivity index is 0.00000180. The number of guanidine groups is 1. The normalized spacial score (nSPS) is 17.7. The first kappa shape index (κ1) is 16.3. The number of hydrogen-bond donors (Lipinski definition) is 2. The molecule has 106 valence electrons. The van der Waals surface area contributed by atoms with Gasteiger partial charge in [-0.05, 0) is 18.4 Å². The third-order valence-corrected chi connectivity index (χ3v) is 4.00. The van der Waals surface area contributed by atoms with Crippen molar-refractivity contribution >= 4 is 29.9 Å². The highest BCUT2D eigenvalue weighted by Crippen LogP contribution is 2.40. The van der Waals surface area contributed by atoms with Crippen LogP contribution in [0, 0.1) is 0 Å². The van der Waals surface area contributed by atoms with Crippen LogP contribution in [-0.4, -0.2) is 26.6 Å². The van der Waals surface area contributed by atoms with Crippen molar-refractivity contribution in [3.05, 3.63) is 35.9 Å². The molecule has 0 aliphatic heterocycles. The number of hydrogen-bond acceptors (Lipinski definition) is 1. The van der Waals surface area contributed by atoms with E-state index in [1.54, 1.807) is 0 Å². The second kappa shape index (κ2) is 7.72. The van der Waals surface area contributed by atoms with Gasteiger partial charge in [-0.2, -0.15) is 0 Å². The van der Waals surface area contributed by atoms with Crippen LogP contribution in [0.5, 0.6) is 0 Å². The number of rotatable bonds is 3. The molecule has 1 aliphatic carbocycles. The van der Waals surface area contributed by atoms with Gasteiger partial charge in [0.15, 0.2) is 5.96 Å². The lowest BCUT2D eigenvalue weighted by Gasteiger charge is -2.30. The molecule has 3 nitrogen and oxygen atoms in total. The Morgan fingerprint density at radius 3 is 2.37 bits per heavy atom. The molecule has 0 atom stereocenters. The van der Waals surface area contributed by atoms with Crippen molar-refractivity contribution in [2.24, 2.45) is 4.99 Å². The van der Waals surface area contributed by atoms with Crippen LogP contribution < -0.4 is 10.6 Å². The summed E-state index contributed by atoms with van der Waals surface area (Å²) in [4.78, 5) is 4.19. The van der Waals surface area contributed by atoms with E-state index in [9.17, 15) is 0 Å². The average Bonchev–Trinajstić information content (AvgIpc) is 2.91. The molecule has 0 radical (unpaired) electrons. The molecule has 1 fully saturated rings. The van der Waals surface area contributed by atoms with E-state index in [4.69, 9.17) is 0 Å². The van der Waals surface area contributed by atoms with Crippen molar-refractivity contribution in [1.82, 2.24) is 10.6 Å². The highest BCUT2D eigenvalue weighted by Gasteiger charge is 2.35. The quantitative estimate of drug-likeness (QED) is 0.486. The topological polar surface area (TPSA) is 36.4 Å². The summed E-state index contributed by atoms with van der Waals surface area (Å²) in [5, 5.41) is 6.52. The molecule has 1 aromatic rings. The molecule has 0 spiro atoms. The second-order valence-electron chi connectivity index (χ2n) is 5.03. The Hall–Kier alpha value is -0.780. The molecule has 0 unspecified atom stereocenters. The van der Waals surface area contributed by atoms with Crippen molar-refractivity contribution in [2.45, 2.75) is 31.1 Å². The number of nitrogens with one attached hydrogen (secondary N) is 2. The summed E-state index contributed by atoms with van der Waals surface area (Å²) in [6, 6.07) is 10.9. The van der Waals surface area contributed by atoms with Gasteiger partial charge in [-0.3, -0.25) is 4.99 Å². The summed E-state index contributed by atoms with van der Waals surface area (Å²) in [6.45, 7) is 0.963. The predicted octanol–water partition coefficient (Wildman–Crippen LogP) is 2.91. The van der Waals surface area contributed by atoms with Gasteiger partial charge in [-0.15, -0.1) is 24.0 Å². The second-order valence-corrected chi connectivity index (χ2v) is 5.03. The van der Waals surface area contributed by atoms with Gasteiger partial charge < -0.3 is 10.6 Å². The summed E-state index contributed by atoms with van der Waals surface area (Å²) >= 11 is 0. The van der Waals surface area contributed by atoms with E-state index < -0.39 is 0 Å². The van der Waals surface area contributed by atoms with Crippen LogP contribution >= 0.6 is 24.0 Å². The summed E-state index contributed by atoms with van der Waals surface area (Å²) in [6.07, 6.45) is 5.19. The number of nitrogens with zero attached hydrogens (tertiary/aromatic N) is 1. The first-order valence-corrected chi connectivity index (χ1v) is 6.75. The maximum Gasteiger partial charge on any atom is 0.190 e. The molecule has 0 saturated heterocycles. The van der Waals surface area contributed by atoms with Crippen LogP contribution in [0.2, 0.25) is 0 Å². The van der Waals surface area contributed by atoms with Crippen LogP contribution in [0.3, 0.4) is 0 Å². The van der Waals surface area contributed by atoms with Crippen LogP contribution in [0.25, 0.3) is 0 Å². The third kappa shape index (κ3) is 3.84. The van der Waals surface area contributed by atoms with Crippen molar-refractivity contribution in [1.29, 1.82) is 0 Å². The van der Waals surface area contributed by atoms with Gasteiger partial charge >= 0.3 is 0 Å². The molecule has 2 rings (SSSR count). The van der Waals surface area contributed by atoms with Crippen molar-refractivity contribution < 1.29 is 0 Å². The van der Waals surface area contributed by atoms with Gasteiger partial charge in [-0.1, -0.05) is 43.2 Å². The minimum absolute atomic E-state index is 0. The van der Waals surface area contributed by atoms with Crippen LogP contribution in [0.15, 0.2) is 35.3 Å². The molecule has 0 aromatic heterocycles. The van der Waals surface area contributed by atoms with Crippen molar-refractivity contribution in [2.75, 3.05) is 20.6 Å². The lowest BCUT2D eigenvalue weighted by atomic mass is 9.79. The maximum atomic E-state index is 4.19. The maximum absolute atomic E-state index is 4.19. The first-order valence-electron chi connectivity index (χ1n) is 6.75. The summed E-state index contributed by atoms with van der Waals surface area (Å²) in [5.74, 6) is 0.872. The smallest absolute Gasteiger partial charge is 0.190 e. The van der Waals surface area contributed by atoms with Crippen LogP contribution in [0.4, 0.5) is 0 Å². The van der Waals surface area contributed by atoms with E-state index in [0.717, 1.165) is 12.5 Å². The van der Waals surface area contributed by atoms with E-state index in [0.29, 0.717) is 0 Å². The Morgan fingerprint density at radius 1 is 1.21 bits per heavy atom. The fraction of sp³-hybridized carbons (Fsp3) is 0.533. The fourth-order valence-electron chi connectivity index (χ4n) is 2.94. The Bertz CT molecular complexity index is 397. The van der Waals surface area contributed by atoms with Gasteiger partial charge in [-0.25, -0.2) is 0 Å². The van der Waals surface area contributed by atoms with Crippen LogP contribution in [-0.2, 0) is 5.41 Å². The molecule has 0 heterocycles. The zero-order chi connectivity index (χ0) is 12.8. The van der Waals surface area contributed by atoms with E-state index in [-0.39, 0.29) is 29.4 Å². The molecular formula is C15H24IN3. The SMILES string of the molecule is CN=C(NC)NCC1(c2ccccc2)CCCC1.I. The molecular weight excluding hydrogens is 349 g/mol.